The minimum absolute atomic E-state index is 0.180. The van der Waals surface area contributed by atoms with Gasteiger partial charge in [-0.15, -0.1) is 0 Å². The molecule has 3 aromatic carbocycles. The average molecular weight is 463 g/mol. The van der Waals surface area contributed by atoms with Crippen molar-refractivity contribution >= 4 is 39.6 Å². The maximum Gasteiger partial charge on any atom is 0.144 e. The zero-order valence-corrected chi connectivity index (χ0v) is 18.5. The van der Waals surface area contributed by atoms with E-state index in [1.54, 1.807) is 42.5 Å². The van der Waals surface area contributed by atoms with Gasteiger partial charge in [0, 0.05) is 23.3 Å². The number of nitriles is 1. The fourth-order valence-corrected chi connectivity index (χ4v) is 3.60. The molecular formula is C25H20ClFN4O2. The Morgan fingerprint density at radius 1 is 1.12 bits per heavy atom. The van der Waals surface area contributed by atoms with Crippen molar-refractivity contribution in [2.45, 2.75) is 13.5 Å². The molecule has 0 amide bonds. The number of nitrogen functional groups attached to an aromatic ring is 1. The van der Waals surface area contributed by atoms with Crippen LogP contribution in [0, 0.1) is 17.1 Å². The maximum atomic E-state index is 13.4. The molecule has 0 atom stereocenters. The van der Waals surface area contributed by atoms with Crippen LogP contribution in [0.4, 0.5) is 21.5 Å². The number of pyridine rings is 1. The standard InChI is InChI=1S/C25H20ClFN4O2/c1-2-32-24-11-22-19(10-21(24)29)25(16(12-28)13-30-22)31-18-6-7-23(20(26)9-18)33-14-15-4-3-5-17(27)8-15/h3-11,13H,2,14,29H2,1H3,(H,30,31). The molecule has 3 N–H and O–H groups in total. The van der Waals surface area contributed by atoms with Gasteiger partial charge in [-0.25, -0.2) is 4.39 Å². The fraction of sp³-hybridized carbons (Fsp3) is 0.120. The van der Waals surface area contributed by atoms with Crippen LogP contribution in [0.15, 0.2) is 60.8 Å². The molecule has 8 heteroatoms. The molecule has 0 saturated carbocycles. The van der Waals surface area contributed by atoms with E-state index >= 15 is 0 Å². The number of anilines is 3. The Morgan fingerprint density at radius 2 is 1.97 bits per heavy atom. The van der Waals surface area contributed by atoms with Crippen molar-refractivity contribution in [3.05, 3.63) is 82.8 Å². The molecular weight excluding hydrogens is 443 g/mol. The molecule has 33 heavy (non-hydrogen) atoms. The van der Waals surface area contributed by atoms with Crippen LogP contribution in [-0.4, -0.2) is 11.6 Å². The lowest BCUT2D eigenvalue weighted by molar-refractivity contribution is 0.306. The molecule has 0 spiro atoms. The zero-order chi connectivity index (χ0) is 23.4. The molecule has 0 aliphatic rings. The summed E-state index contributed by atoms with van der Waals surface area (Å²) in [5.74, 6) is 0.668. The van der Waals surface area contributed by atoms with Gasteiger partial charge in [0.2, 0.25) is 0 Å². The molecule has 0 saturated heterocycles. The molecule has 0 fully saturated rings. The van der Waals surface area contributed by atoms with Crippen molar-refractivity contribution in [1.82, 2.24) is 4.98 Å². The van der Waals surface area contributed by atoms with Gasteiger partial charge in [-0.1, -0.05) is 23.7 Å². The van der Waals surface area contributed by atoms with E-state index in [9.17, 15) is 9.65 Å². The van der Waals surface area contributed by atoms with E-state index in [0.717, 1.165) is 0 Å². The number of aromatic nitrogens is 1. The summed E-state index contributed by atoms with van der Waals surface area (Å²) in [6.45, 7) is 2.53. The lowest BCUT2D eigenvalue weighted by Crippen LogP contribution is -2.01. The highest BCUT2D eigenvalue weighted by Gasteiger charge is 2.14. The minimum atomic E-state index is -0.325. The quantitative estimate of drug-likeness (QED) is 0.317. The SMILES string of the molecule is CCOc1cc2ncc(C#N)c(Nc3ccc(OCc4cccc(F)c4)c(Cl)c3)c2cc1N. The highest BCUT2D eigenvalue weighted by Crippen LogP contribution is 2.36. The summed E-state index contributed by atoms with van der Waals surface area (Å²) in [4.78, 5) is 4.36. The van der Waals surface area contributed by atoms with E-state index in [4.69, 9.17) is 26.8 Å². The van der Waals surface area contributed by atoms with Crippen LogP contribution >= 0.6 is 11.6 Å². The number of hydrogen-bond donors (Lipinski definition) is 2. The van der Waals surface area contributed by atoms with Crippen LogP contribution in [0.25, 0.3) is 10.9 Å². The van der Waals surface area contributed by atoms with Gasteiger partial charge in [0.25, 0.3) is 0 Å². The summed E-state index contributed by atoms with van der Waals surface area (Å²) in [6, 6.07) is 17.0. The second-order valence-corrected chi connectivity index (χ2v) is 7.59. The molecule has 1 heterocycles. The van der Waals surface area contributed by atoms with Gasteiger partial charge in [-0.3, -0.25) is 4.98 Å². The molecule has 0 radical (unpaired) electrons. The second kappa shape index (κ2) is 9.63. The van der Waals surface area contributed by atoms with Gasteiger partial charge >= 0.3 is 0 Å². The largest absolute Gasteiger partial charge is 0.492 e. The van der Waals surface area contributed by atoms with Gasteiger partial charge in [0.05, 0.1) is 34.1 Å². The molecule has 0 unspecified atom stereocenters. The van der Waals surface area contributed by atoms with E-state index in [1.807, 2.05) is 6.92 Å². The van der Waals surface area contributed by atoms with Crippen molar-refractivity contribution < 1.29 is 13.9 Å². The number of hydrogen-bond acceptors (Lipinski definition) is 6. The Morgan fingerprint density at radius 3 is 2.70 bits per heavy atom. The number of benzene rings is 3. The first kappa shape index (κ1) is 22.2. The van der Waals surface area contributed by atoms with Crippen LogP contribution in [0.1, 0.15) is 18.1 Å². The monoisotopic (exact) mass is 462 g/mol. The highest BCUT2D eigenvalue weighted by molar-refractivity contribution is 6.32. The number of ether oxygens (including phenoxy) is 2. The third-order valence-corrected chi connectivity index (χ3v) is 5.20. The number of nitrogens with one attached hydrogen (secondary N) is 1. The third kappa shape index (κ3) is 4.92. The normalized spacial score (nSPS) is 10.6. The van der Waals surface area contributed by atoms with E-state index < -0.39 is 0 Å². The zero-order valence-electron chi connectivity index (χ0n) is 17.7. The molecule has 4 rings (SSSR count). The maximum absolute atomic E-state index is 13.4. The summed E-state index contributed by atoms with van der Waals surface area (Å²) in [7, 11) is 0. The molecule has 6 nitrogen and oxygen atoms in total. The minimum Gasteiger partial charge on any atom is -0.492 e. The van der Waals surface area contributed by atoms with Crippen molar-refractivity contribution in [3.8, 4) is 17.6 Å². The summed E-state index contributed by atoms with van der Waals surface area (Å²) in [6.07, 6.45) is 1.49. The van der Waals surface area contributed by atoms with Crippen LogP contribution < -0.4 is 20.5 Å². The first-order valence-electron chi connectivity index (χ1n) is 10.2. The van der Waals surface area contributed by atoms with Gasteiger partial charge in [0.1, 0.15) is 30.0 Å². The van der Waals surface area contributed by atoms with E-state index in [0.29, 0.717) is 62.2 Å². The van der Waals surface area contributed by atoms with E-state index in [2.05, 4.69) is 16.4 Å². The molecule has 0 bridgehead atoms. The Balaban J connectivity index is 1.61. The van der Waals surface area contributed by atoms with Crippen LogP contribution in [0.3, 0.4) is 0 Å². The molecule has 1 aromatic heterocycles. The smallest absolute Gasteiger partial charge is 0.144 e. The predicted molar refractivity (Wildman–Crippen MR) is 128 cm³/mol. The topological polar surface area (TPSA) is 93.2 Å². The Bertz CT molecular complexity index is 1370. The van der Waals surface area contributed by atoms with Crippen LogP contribution in [0.2, 0.25) is 5.02 Å². The van der Waals surface area contributed by atoms with Crippen LogP contribution in [0.5, 0.6) is 11.5 Å². The lowest BCUT2D eigenvalue weighted by Gasteiger charge is -2.15. The van der Waals surface area contributed by atoms with Crippen molar-refractivity contribution in [3.63, 3.8) is 0 Å². The molecule has 166 valence electrons. The lowest BCUT2D eigenvalue weighted by atomic mass is 10.1. The molecule has 0 aliphatic heterocycles. The number of nitrogens with two attached hydrogens (primary N) is 1. The van der Waals surface area contributed by atoms with E-state index in [-0.39, 0.29) is 12.4 Å². The Labute approximate surface area is 195 Å². The van der Waals surface area contributed by atoms with E-state index in [1.165, 1.54) is 18.3 Å². The fourth-order valence-electron chi connectivity index (χ4n) is 3.36. The second-order valence-electron chi connectivity index (χ2n) is 7.19. The summed E-state index contributed by atoms with van der Waals surface area (Å²) in [5, 5.41) is 13.9. The number of nitrogens with zero attached hydrogens (tertiary/aromatic N) is 2. The highest BCUT2D eigenvalue weighted by atomic mass is 35.5. The number of fused-ring (bicyclic) bond motifs is 1. The van der Waals surface area contributed by atoms with Gasteiger partial charge in [-0.2, -0.15) is 5.26 Å². The number of halogens is 2. The van der Waals surface area contributed by atoms with Gasteiger partial charge < -0.3 is 20.5 Å². The molecule has 0 aliphatic carbocycles. The third-order valence-electron chi connectivity index (χ3n) is 4.90. The Kier molecular flexibility index (Phi) is 6.48. The first-order valence-corrected chi connectivity index (χ1v) is 10.5. The van der Waals surface area contributed by atoms with Gasteiger partial charge in [-0.05, 0) is 48.9 Å². The first-order chi connectivity index (χ1) is 16.0. The summed E-state index contributed by atoms with van der Waals surface area (Å²) >= 11 is 6.41. The van der Waals surface area contributed by atoms with Crippen molar-refractivity contribution in [1.29, 1.82) is 5.26 Å². The molecule has 4 aromatic rings. The summed E-state index contributed by atoms with van der Waals surface area (Å²) in [5.41, 5.74) is 9.47. The summed E-state index contributed by atoms with van der Waals surface area (Å²) < 4.78 is 24.6. The average Bonchev–Trinajstić information content (AvgIpc) is 2.80. The van der Waals surface area contributed by atoms with Crippen molar-refractivity contribution in [2.75, 3.05) is 17.7 Å². The number of rotatable bonds is 7. The Hall–Kier alpha value is -4.02. The van der Waals surface area contributed by atoms with Crippen molar-refractivity contribution in [2.24, 2.45) is 0 Å². The van der Waals surface area contributed by atoms with Gasteiger partial charge in [0.15, 0.2) is 0 Å². The van der Waals surface area contributed by atoms with Crippen LogP contribution in [-0.2, 0) is 6.61 Å². The predicted octanol–water partition coefficient (Wildman–Crippen LogP) is 6.20.